The summed E-state index contributed by atoms with van der Waals surface area (Å²) in [6, 6.07) is 7.11. The molecule has 0 aliphatic carbocycles. The molecular weight excluding hydrogens is 190 g/mol. The normalized spacial score (nSPS) is 11.7. The summed E-state index contributed by atoms with van der Waals surface area (Å²) in [4.78, 5) is 10.3. The number of hydrogen-bond donors (Lipinski definition) is 1. The zero-order valence-electron chi connectivity index (χ0n) is 8.51. The highest BCUT2D eigenvalue weighted by Crippen LogP contribution is 2.16. The number of rotatable bonds is 4. The Morgan fingerprint density at radius 2 is 2.00 bits per heavy atom. The Kier molecular flexibility index (Phi) is 4.16. The smallest absolute Gasteiger partial charge is 0.298 e. The molecule has 0 unspecified atom stereocenters. The molecule has 0 radical (unpaired) electrons. The Morgan fingerprint density at radius 3 is 2.53 bits per heavy atom. The third-order valence-electron chi connectivity index (χ3n) is 1.81. The average Bonchev–Trinajstić information content (AvgIpc) is 2.25. The van der Waals surface area contributed by atoms with Crippen LogP contribution in [0.15, 0.2) is 42.5 Å². The second-order valence-corrected chi connectivity index (χ2v) is 2.89. The zero-order valence-corrected chi connectivity index (χ0v) is 8.51. The molecule has 0 atom stereocenters. The number of nitrogen functional groups attached to an aromatic ring is 1. The van der Waals surface area contributed by atoms with Gasteiger partial charge in [-0.3, -0.25) is 4.79 Å². The van der Waals surface area contributed by atoms with Crippen molar-refractivity contribution in [3.63, 3.8) is 0 Å². The monoisotopic (exact) mass is 203 g/mol. The fraction of sp³-hybridized carbons (Fsp3) is 0.0833. The maximum atomic E-state index is 10.3. The van der Waals surface area contributed by atoms with Crippen molar-refractivity contribution in [1.82, 2.24) is 0 Å². The van der Waals surface area contributed by atoms with E-state index in [9.17, 15) is 4.79 Å². The molecule has 0 heterocycles. The summed E-state index contributed by atoms with van der Waals surface area (Å²) in [6.07, 6.45) is 5.38. The third kappa shape index (κ3) is 3.31. The molecule has 1 aromatic rings. The van der Waals surface area contributed by atoms with Crippen LogP contribution >= 0.6 is 0 Å². The van der Waals surface area contributed by atoms with Crippen molar-refractivity contribution in [3.8, 4) is 0 Å². The van der Waals surface area contributed by atoms with Gasteiger partial charge in [-0.15, -0.1) is 0 Å². The van der Waals surface area contributed by atoms with E-state index in [1.165, 1.54) is 0 Å². The van der Waals surface area contributed by atoms with Gasteiger partial charge in [0.25, 0.3) is 6.47 Å². The molecule has 0 spiro atoms. The van der Waals surface area contributed by atoms with Crippen LogP contribution in [0.3, 0.4) is 0 Å². The molecule has 0 saturated heterocycles. The van der Waals surface area contributed by atoms with Gasteiger partial charge in [-0.25, -0.2) is 0 Å². The molecule has 1 rings (SSSR count). The summed E-state index contributed by atoms with van der Waals surface area (Å²) in [7, 11) is 0. The molecule has 15 heavy (non-hydrogen) atoms. The Bertz CT molecular complexity index is 377. The lowest BCUT2D eigenvalue weighted by Crippen LogP contribution is -1.91. The fourth-order valence-electron chi connectivity index (χ4n) is 1.09. The van der Waals surface area contributed by atoms with Gasteiger partial charge in [-0.2, -0.15) is 0 Å². The molecule has 78 valence electrons. The van der Waals surface area contributed by atoms with Gasteiger partial charge in [-0.1, -0.05) is 12.2 Å². The summed E-state index contributed by atoms with van der Waals surface area (Å²) in [5, 5.41) is 0. The first-order valence-corrected chi connectivity index (χ1v) is 4.57. The van der Waals surface area contributed by atoms with Crippen LogP contribution in [0.1, 0.15) is 12.5 Å². The number of allylic oxidation sites excluding steroid dienone is 3. The van der Waals surface area contributed by atoms with Crippen LogP contribution in [-0.2, 0) is 9.53 Å². The topological polar surface area (TPSA) is 52.3 Å². The predicted molar refractivity (Wildman–Crippen MR) is 60.8 cm³/mol. The Balaban J connectivity index is 2.98. The minimum Gasteiger partial charge on any atom is -0.428 e. The second-order valence-electron chi connectivity index (χ2n) is 2.89. The van der Waals surface area contributed by atoms with Crippen LogP contribution in [0.5, 0.6) is 0 Å². The van der Waals surface area contributed by atoms with Gasteiger partial charge < -0.3 is 10.5 Å². The van der Waals surface area contributed by atoms with Gasteiger partial charge >= 0.3 is 0 Å². The van der Waals surface area contributed by atoms with Crippen molar-refractivity contribution in [3.05, 3.63) is 48.1 Å². The zero-order chi connectivity index (χ0) is 11.1. The van der Waals surface area contributed by atoms with E-state index < -0.39 is 0 Å². The van der Waals surface area contributed by atoms with Gasteiger partial charge in [0.15, 0.2) is 0 Å². The molecule has 0 bridgehead atoms. The van der Waals surface area contributed by atoms with Crippen molar-refractivity contribution in [2.45, 2.75) is 6.92 Å². The van der Waals surface area contributed by atoms with Gasteiger partial charge in [-0.05, 0) is 37.3 Å². The number of anilines is 1. The summed E-state index contributed by atoms with van der Waals surface area (Å²) in [5.74, 6) is 0.503. The maximum Gasteiger partial charge on any atom is 0.298 e. The first kappa shape index (κ1) is 11.0. The number of carbonyl (C=O) groups excluding carboxylic acids is 1. The minimum absolute atomic E-state index is 0.408. The van der Waals surface area contributed by atoms with Crippen LogP contribution in [0.4, 0.5) is 5.69 Å². The highest BCUT2D eigenvalue weighted by atomic mass is 16.5. The number of carbonyl (C=O) groups is 1. The van der Waals surface area contributed by atoms with Crippen LogP contribution < -0.4 is 5.73 Å². The van der Waals surface area contributed by atoms with Gasteiger partial charge in [0.1, 0.15) is 5.76 Å². The van der Waals surface area contributed by atoms with E-state index in [0.29, 0.717) is 17.9 Å². The summed E-state index contributed by atoms with van der Waals surface area (Å²) < 4.78 is 4.86. The average molecular weight is 203 g/mol. The highest BCUT2D eigenvalue weighted by Gasteiger charge is 2.00. The Hall–Kier alpha value is -2.03. The van der Waals surface area contributed by atoms with Gasteiger partial charge in [0.2, 0.25) is 0 Å². The van der Waals surface area contributed by atoms with Crippen LogP contribution in [0.2, 0.25) is 0 Å². The molecule has 0 fully saturated rings. The SMILES string of the molecule is CC=CC=C(OC=O)c1ccc(N)cc1. The maximum absolute atomic E-state index is 10.3. The van der Waals surface area contributed by atoms with Crippen molar-refractivity contribution >= 4 is 17.9 Å². The van der Waals surface area contributed by atoms with E-state index in [4.69, 9.17) is 10.5 Å². The first-order valence-electron chi connectivity index (χ1n) is 4.57. The first-order chi connectivity index (χ1) is 7.27. The number of nitrogens with two attached hydrogens (primary N) is 1. The van der Waals surface area contributed by atoms with Crippen LogP contribution in [0, 0.1) is 0 Å². The molecular formula is C12H13NO2. The van der Waals surface area contributed by atoms with Crippen LogP contribution in [0.25, 0.3) is 5.76 Å². The minimum atomic E-state index is 0.408. The standard InChI is InChI=1S/C12H13NO2/c1-2-3-4-12(15-9-14)10-5-7-11(13)8-6-10/h2-9H,13H2,1H3. The number of ether oxygens (including phenoxy) is 1. The van der Waals surface area contributed by atoms with Crippen molar-refractivity contribution in [1.29, 1.82) is 0 Å². The van der Waals surface area contributed by atoms with E-state index in [-0.39, 0.29) is 0 Å². The van der Waals surface area contributed by atoms with E-state index in [0.717, 1.165) is 5.56 Å². The van der Waals surface area contributed by atoms with Gasteiger partial charge in [0.05, 0.1) is 0 Å². The Morgan fingerprint density at radius 1 is 1.33 bits per heavy atom. The largest absolute Gasteiger partial charge is 0.428 e. The van der Waals surface area contributed by atoms with Crippen LogP contribution in [-0.4, -0.2) is 6.47 Å². The molecule has 0 aliphatic heterocycles. The molecule has 3 heteroatoms. The molecule has 3 nitrogen and oxygen atoms in total. The lowest BCUT2D eigenvalue weighted by molar-refractivity contribution is -0.122. The fourth-order valence-corrected chi connectivity index (χ4v) is 1.09. The second kappa shape index (κ2) is 5.65. The predicted octanol–water partition coefficient (Wildman–Crippen LogP) is 2.36. The van der Waals surface area contributed by atoms with E-state index in [1.807, 2.05) is 13.0 Å². The lowest BCUT2D eigenvalue weighted by atomic mass is 10.1. The van der Waals surface area contributed by atoms with Gasteiger partial charge in [0, 0.05) is 11.3 Å². The molecule has 0 aromatic heterocycles. The molecule has 0 aliphatic rings. The molecule has 0 amide bonds. The van der Waals surface area contributed by atoms with E-state index >= 15 is 0 Å². The van der Waals surface area contributed by atoms with E-state index in [2.05, 4.69) is 0 Å². The molecule has 2 N–H and O–H groups in total. The molecule has 1 aromatic carbocycles. The lowest BCUT2D eigenvalue weighted by Gasteiger charge is -2.03. The number of benzene rings is 1. The van der Waals surface area contributed by atoms with Crippen molar-refractivity contribution in [2.75, 3.05) is 5.73 Å². The Labute approximate surface area is 88.9 Å². The summed E-state index contributed by atoms with van der Waals surface area (Å²) in [6.45, 7) is 2.30. The van der Waals surface area contributed by atoms with Crippen molar-refractivity contribution < 1.29 is 9.53 Å². The highest BCUT2D eigenvalue weighted by molar-refractivity contribution is 5.68. The number of hydrogen-bond acceptors (Lipinski definition) is 3. The van der Waals surface area contributed by atoms with Crippen molar-refractivity contribution in [2.24, 2.45) is 0 Å². The third-order valence-corrected chi connectivity index (χ3v) is 1.81. The summed E-state index contributed by atoms with van der Waals surface area (Å²) >= 11 is 0. The van der Waals surface area contributed by atoms with E-state index in [1.54, 1.807) is 36.4 Å². The molecule has 0 saturated carbocycles. The quantitative estimate of drug-likeness (QED) is 0.353. The summed E-state index contributed by atoms with van der Waals surface area (Å²) in [5.41, 5.74) is 7.05.